The largest absolute Gasteiger partial charge is 0.339 e. The van der Waals surface area contributed by atoms with Crippen LogP contribution in [0.3, 0.4) is 0 Å². The number of halogens is 2. The molecular weight excluding hydrogens is 308 g/mol. The van der Waals surface area contributed by atoms with Crippen LogP contribution in [0.25, 0.3) is 0 Å². The smallest absolute Gasteiger partial charge is 0.248 e. The quantitative estimate of drug-likeness (QED) is 0.842. The number of nitrogens with zero attached hydrogens (tertiary/aromatic N) is 3. The van der Waals surface area contributed by atoms with Crippen LogP contribution >= 0.6 is 11.3 Å². The van der Waals surface area contributed by atoms with Crippen molar-refractivity contribution in [3.63, 3.8) is 0 Å². The standard InChI is InChI=1S/C15H19F2N3OS/c1-14(2,3)13-18-10(8-22-13)6-11-19-12(21-20-11)9-4-5-15(16,17)7-9/h8-9H,4-7H2,1-3H3. The summed E-state index contributed by atoms with van der Waals surface area (Å²) >= 11 is 1.61. The number of rotatable bonds is 3. The summed E-state index contributed by atoms with van der Waals surface area (Å²) < 4.78 is 31.7. The maximum absolute atomic E-state index is 13.2. The van der Waals surface area contributed by atoms with Crippen LogP contribution in [-0.2, 0) is 11.8 Å². The molecule has 22 heavy (non-hydrogen) atoms. The Kier molecular flexibility index (Phi) is 3.79. The van der Waals surface area contributed by atoms with E-state index in [0.717, 1.165) is 10.7 Å². The summed E-state index contributed by atoms with van der Waals surface area (Å²) in [4.78, 5) is 8.86. The summed E-state index contributed by atoms with van der Waals surface area (Å²) in [6, 6.07) is 0. The zero-order valence-corrected chi connectivity index (χ0v) is 13.7. The van der Waals surface area contributed by atoms with Gasteiger partial charge in [-0.2, -0.15) is 4.98 Å². The number of hydrogen-bond donors (Lipinski definition) is 0. The molecule has 4 nitrogen and oxygen atoms in total. The second-order valence-electron chi connectivity index (χ2n) is 6.92. The Morgan fingerprint density at radius 1 is 1.36 bits per heavy atom. The van der Waals surface area contributed by atoms with Crippen LogP contribution in [0, 0.1) is 0 Å². The van der Waals surface area contributed by atoms with Crippen LogP contribution in [0.4, 0.5) is 8.78 Å². The molecule has 2 aromatic heterocycles. The third kappa shape index (κ3) is 3.34. The van der Waals surface area contributed by atoms with Gasteiger partial charge in [-0.05, 0) is 6.42 Å². The van der Waals surface area contributed by atoms with E-state index in [9.17, 15) is 8.78 Å². The van der Waals surface area contributed by atoms with Gasteiger partial charge in [0, 0.05) is 29.6 Å². The predicted molar refractivity (Wildman–Crippen MR) is 79.5 cm³/mol. The van der Waals surface area contributed by atoms with E-state index >= 15 is 0 Å². The first-order valence-electron chi connectivity index (χ1n) is 7.38. The second kappa shape index (κ2) is 5.37. The molecule has 0 amide bonds. The Hall–Kier alpha value is -1.37. The van der Waals surface area contributed by atoms with E-state index in [1.54, 1.807) is 11.3 Å². The Balaban J connectivity index is 1.68. The summed E-state index contributed by atoms with van der Waals surface area (Å²) in [6.45, 7) is 6.34. The van der Waals surface area contributed by atoms with Gasteiger partial charge in [0.2, 0.25) is 11.8 Å². The topological polar surface area (TPSA) is 51.8 Å². The molecule has 1 fully saturated rings. The zero-order valence-electron chi connectivity index (χ0n) is 12.9. The van der Waals surface area contributed by atoms with Gasteiger partial charge in [0.15, 0.2) is 5.82 Å². The molecule has 3 rings (SSSR count). The van der Waals surface area contributed by atoms with E-state index in [1.807, 2.05) is 5.38 Å². The summed E-state index contributed by atoms with van der Waals surface area (Å²) in [7, 11) is 0. The molecule has 0 saturated heterocycles. The fourth-order valence-electron chi connectivity index (χ4n) is 2.56. The number of aromatic nitrogens is 3. The predicted octanol–water partition coefficient (Wildman–Crippen LogP) is 4.32. The molecule has 1 unspecified atom stereocenters. The van der Waals surface area contributed by atoms with Crippen LogP contribution in [0.15, 0.2) is 9.90 Å². The fraction of sp³-hybridized carbons (Fsp3) is 0.667. The van der Waals surface area contributed by atoms with Crippen LogP contribution in [0.5, 0.6) is 0 Å². The van der Waals surface area contributed by atoms with Gasteiger partial charge in [-0.1, -0.05) is 25.9 Å². The maximum atomic E-state index is 13.2. The van der Waals surface area contributed by atoms with Gasteiger partial charge in [-0.3, -0.25) is 0 Å². The van der Waals surface area contributed by atoms with Gasteiger partial charge in [0.25, 0.3) is 0 Å². The van der Waals surface area contributed by atoms with Crippen molar-refractivity contribution in [2.24, 2.45) is 0 Å². The van der Waals surface area contributed by atoms with Gasteiger partial charge in [-0.15, -0.1) is 11.3 Å². The van der Waals surface area contributed by atoms with E-state index in [1.165, 1.54) is 0 Å². The van der Waals surface area contributed by atoms with Crippen molar-refractivity contribution in [1.29, 1.82) is 0 Å². The van der Waals surface area contributed by atoms with E-state index in [0.29, 0.717) is 24.6 Å². The Bertz CT molecular complexity index is 660. The zero-order chi connectivity index (χ0) is 16.0. The third-order valence-electron chi connectivity index (χ3n) is 3.77. The minimum absolute atomic E-state index is 0.0146. The summed E-state index contributed by atoms with van der Waals surface area (Å²) in [5, 5.41) is 6.95. The minimum atomic E-state index is -2.60. The highest BCUT2D eigenvalue weighted by Gasteiger charge is 2.42. The first-order chi connectivity index (χ1) is 10.2. The summed E-state index contributed by atoms with van der Waals surface area (Å²) in [6.07, 6.45) is 0.578. The molecule has 1 saturated carbocycles. The van der Waals surface area contributed by atoms with Crippen molar-refractivity contribution in [2.45, 2.75) is 63.7 Å². The van der Waals surface area contributed by atoms with Crippen LogP contribution in [0.2, 0.25) is 0 Å². The molecule has 2 aromatic rings. The Morgan fingerprint density at radius 2 is 2.14 bits per heavy atom. The van der Waals surface area contributed by atoms with Crippen LogP contribution in [0.1, 0.15) is 68.4 Å². The molecule has 0 radical (unpaired) electrons. The maximum Gasteiger partial charge on any atom is 0.248 e. The van der Waals surface area contributed by atoms with Crippen molar-refractivity contribution in [3.05, 3.63) is 27.8 Å². The molecule has 1 aliphatic carbocycles. The molecule has 0 aliphatic heterocycles. The lowest BCUT2D eigenvalue weighted by atomic mass is 9.98. The lowest BCUT2D eigenvalue weighted by Crippen LogP contribution is -2.10. The molecular formula is C15H19F2N3OS. The third-order valence-corrected chi connectivity index (χ3v) is 5.09. The summed E-state index contributed by atoms with van der Waals surface area (Å²) in [5.41, 5.74) is 0.903. The molecule has 0 spiro atoms. The van der Waals surface area contributed by atoms with Crippen LogP contribution < -0.4 is 0 Å². The SMILES string of the molecule is CC(C)(C)c1nc(Cc2noc(C3CCC(F)(F)C3)n2)cs1. The number of hydrogen-bond acceptors (Lipinski definition) is 5. The first kappa shape index (κ1) is 15.5. The van der Waals surface area contributed by atoms with E-state index in [2.05, 4.69) is 35.9 Å². The molecule has 1 atom stereocenters. The molecule has 0 aromatic carbocycles. The van der Waals surface area contributed by atoms with Crippen LogP contribution in [-0.4, -0.2) is 21.0 Å². The highest BCUT2D eigenvalue weighted by molar-refractivity contribution is 7.09. The molecule has 2 heterocycles. The Morgan fingerprint density at radius 3 is 2.73 bits per heavy atom. The monoisotopic (exact) mass is 327 g/mol. The van der Waals surface area contributed by atoms with Gasteiger partial charge < -0.3 is 4.52 Å². The Labute approximate surface area is 132 Å². The lowest BCUT2D eigenvalue weighted by Gasteiger charge is -2.13. The van der Waals surface area contributed by atoms with Crippen molar-refractivity contribution in [3.8, 4) is 0 Å². The van der Waals surface area contributed by atoms with Crippen molar-refractivity contribution in [2.75, 3.05) is 0 Å². The normalized spacial score (nSPS) is 21.4. The number of thiazole rings is 1. The van der Waals surface area contributed by atoms with Crippen molar-refractivity contribution >= 4 is 11.3 Å². The van der Waals surface area contributed by atoms with Gasteiger partial charge in [0.05, 0.1) is 17.1 Å². The first-order valence-corrected chi connectivity index (χ1v) is 8.26. The molecule has 0 bridgehead atoms. The van der Waals surface area contributed by atoms with E-state index in [-0.39, 0.29) is 24.2 Å². The van der Waals surface area contributed by atoms with E-state index < -0.39 is 5.92 Å². The average molecular weight is 327 g/mol. The minimum Gasteiger partial charge on any atom is -0.339 e. The fourth-order valence-corrected chi connectivity index (χ4v) is 3.47. The summed E-state index contributed by atoms with van der Waals surface area (Å²) in [5.74, 6) is -2.08. The highest BCUT2D eigenvalue weighted by Crippen LogP contribution is 2.43. The van der Waals surface area contributed by atoms with Gasteiger partial charge in [0.1, 0.15) is 0 Å². The van der Waals surface area contributed by atoms with Gasteiger partial charge >= 0.3 is 0 Å². The second-order valence-corrected chi connectivity index (χ2v) is 7.77. The van der Waals surface area contributed by atoms with Gasteiger partial charge in [-0.25, -0.2) is 13.8 Å². The molecule has 7 heteroatoms. The van der Waals surface area contributed by atoms with Crippen molar-refractivity contribution < 1.29 is 13.3 Å². The molecule has 1 aliphatic rings. The van der Waals surface area contributed by atoms with Crippen molar-refractivity contribution in [1.82, 2.24) is 15.1 Å². The van der Waals surface area contributed by atoms with E-state index in [4.69, 9.17) is 4.52 Å². The molecule has 0 N–H and O–H groups in total. The lowest BCUT2D eigenvalue weighted by molar-refractivity contribution is 0.00690. The average Bonchev–Trinajstić information content (AvgIpc) is 3.08. The number of alkyl halides is 2. The molecule has 120 valence electrons. The highest BCUT2D eigenvalue weighted by atomic mass is 32.1.